The number of rotatable bonds is 1. The average molecular weight is 237 g/mol. The first-order valence-electron chi connectivity index (χ1n) is 5.75. The molecule has 1 aromatic carbocycles. The Kier molecular flexibility index (Phi) is 3.43. The van der Waals surface area contributed by atoms with E-state index in [2.05, 4.69) is 0 Å². The van der Waals surface area contributed by atoms with E-state index in [-0.39, 0.29) is 17.8 Å². The molecule has 1 heterocycles. The van der Waals surface area contributed by atoms with Gasteiger partial charge < -0.3 is 9.64 Å². The molecule has 0 bridgehead atoms. The van der Waals surface area contributed by atoms with Crippen molar-refractivity contribution in [1.29, 1.82) is 0 Å². The first-order valence-corrected chi connectivity index (χ1v) is 5.75. The fourth-order valence-electron chi connectivity index (χ4n) is 2.04. The molecule has 17 heavy (non-hydrogen) atoms. The number of carbonyl (C=O) groups is 1. The van der Waals surface area contributed by atoms with Crippen LogP contribution in [0.1, 0.15) is 22.8 Å². The van der Waals surface area contributed by atoms with Crippen LogP contribution in [0, 0.1) is 12.7 Å². The van der Waals surface area contributed by atoms with Crippen molar-refractivity contribution in [2.24, 2.45) is 0 Å². The first kappa shape index (κ1) is 12.0. The summed E-state index contributed by atoms with van der Waals surface area (Å²) in [4.78, 5) is 14.0. The zero-order valence-electron chi connectivity index (χ0n) is 10.1. The van der Waals surface area contributed by atoms with E-state index < -0.39 is 0 Å². The highest BCUT2D eigenvalue weighted by Crippen LogP contribution is 2.15. The molecule has 1 fully saturated rings. The summed E-state index contributed by atoms with van der Waals surface area (Å²) in [6.07, 6.45) is 0.0634. The highest BCUT2D eigenvalue weighted by Gasteiger charge is 2.23. The van der Waals surface area contributed by atoms with E-state index in [0.29, 0.717) is 30.8 Å². The van der Waals surface area contributed by atoms with E-state index in [1.807, 2.05) is 6.92 Å². The summed E-state index contributed by atoms with van der Waals surface area (Å²) in [5.41, 5.74) is 1.25. The van der Waals surface area contributed by atoms with Gasteiger partial charge in [0.05, 0.1) is 12.7 Å². The van der Waals surface area contributed by atoms with Gasteiger partial charge in [0.2, 0.25) is 0 Å². The fourth-order valence-corrected chi connectivity index (χ4v) is 2.04. The lowest BCUT2D eigenvalue weighted by molar-refractivity contribution is -0.0124. The molecular weight excluding hydrogens is 221 g/mol. The molecule has 1 amide bonds. The number of carbonyl (C=O) groups excluding carboxylic acids is 1. The van der Waals surface area contributed by atoms with E-state index in [1.54, 1.807) is 17.9 Å². The fraction of sp³-hybridized carbons (Fsp3) is 0.462. The average Bonchev–Trinajstić information content (AvgIpc) is 2.28. The van der Waals surface area contributed by atoms with Crippen molar-refractivity contribution in [3.8, 4) is 0 Å². The van der Waals surface area contributed by atoms with Gasteiger partial charge in [-0.05, 0) is 37.6 Å². The molecule has 0 aliphatic carbocycles. The predicted octanol–water partition coefficient (Wildman–Crippen LogP) is 2.00. The van der Waals surface area contributed by atoms with E-state index in [4.69, 9.17) is 4.74 Å². The zero-order chi connectivity index (χ0) is 12.4. The van der Waals surface area contributed by atoms with Crippen LogP contribution < -0.4 is 0 Å². The minimum Gasteiger partial charge on any atom is -0.375 e. The third-order valence-corrected chi connectivity index (χ3v) is 2.95. The van der Waals surface area contributed by atoms with Gasteiger partial charge in [-0.15, -0.1) is 0 Å². The predicted molar refractivity (Wildman–Crippen MR) is 62.5 cm³/mol. The van der Waals surface area contributed by atoms with E-state index in [1.165, 1.54) is 12.1 Å². The number of nitrogens with zero attached hydrogens (tertiary/aromatic N) is 1. The minimum absolute atomic E-state index is 0.0438. The number of ether oxygens (including phenoxy) is 1. The van der Waals surface area contributed by atoms with Crippen molar-refractivity contribution in [2.45, 2.75) is 20.0 Å². The van der Waals surface area contributed by atoms with Gasteiger partial charge in [0, 0.05) is 18.7 Å². The van der Waals surface area contributed by atoms with Crippen LogP contribution in [0.5, 0.6) is 0 Å². The Morgan fingerprint density at radius 1 is 1.53 bits per heavy atom. The number of hydrogen-bond donors (Lipinski definition) is 0. The lowest BCUT2D eigenvalue weighted by atomic mass is 10.1. The smallest absolute Gasteiger partial charge is 0.254 e. The largest absolute Gasteiger partial charge is 0.375 e. The quantitative estimate of drug-likeness (QED) is 0.747. The normalized spacial score (nSPS) is 20.4. The molecule has 0 radical (unpaired) electrons. The molecular formula is C13H16FNO2. The molecule has 1 atom stereocenters. The van der Waals surface area contributed by atoms with Gasteiger partial charge >= 0.3 is 0 Å². The van der Waals surface area contributed by atoms with Crippen LogP contribution in [-0.4, -0.2) is 36.6 Å². The Bertz CT molecular complexity index is 433. The monoisotopic (exact) mass is 237 g/mol. The molecule has 3 nitrogen and oxygen atoms in total. The second-order valence-electron chi connectivity index (χ2n) is 4.39. The second kappa shape index (κ2) is 4.84. The van der Waals surface area contributed by atoms with Crippen LogP contribution >= 0.6 is 0 Å². The molecule has 1 aliphatic rings. The Balaban J connectivity index is 2.18. The molecule has 0 saturated carbocycles. The number of halogens is 1. The third kappa shape index (κ3) is 2.64. The standard InChI is InChI=1S/C13H16FNO2/c1-9-7-11(14)3-4-12(9)13(16)15-5-6-17-10(2)8-15/h3-4,7,10H,5-6,8H2,1-2H3. The summed E-state index contributed by atoms with van der Waals surface area (Å²) in [5, 5.41) is 0. The highest BCUT2D eigenvalue weighted by atomic mass is 19.1. The summed E-state index contributed by atoms with van der Waals surface area (Å²) in [5.74, 6) is -0.355. The van der Waals surface area contributed by atoms with Gasteiger partial charge in [0.15, 0.2) is 0 Å². The van der Waals surface area contributed by atoms with Crippen LogP contribution in [0.4, 0.5) is 4.39 Å². The topological polar surface area (TPSA) is 29.5 Å². The molecule has 4 heteroatoms. The molecule has 0 aromatic heterocycles. The highest BCUT2D eigenvalue weighted by molar-refractivity contribution is 5.95. The summed E-state index contributed by atoms with van der Waals surface area (Å²) < 4.78 is 18.4. The molecule has 92 valence electrons. The van der Waals surface area contributed by atoms with E-state index in [0.717, 1.165) is 0 Å². The number of amides is 1. The summed E-state index contributed by atoms with van der Waals surface area (Å²) in [6, 6.07) is 4.26. The van der Waals surface area contributed by atoms with Crippen LogP contribution in [0.3, 0.4) is 0 Å². The van der Waals surface area contributed by atoms with Crippen molar-refractivity contribution in [3.63, 3.8) is 0 Å². The van der Waals surface area contributed by atoms with Crippen molar-refractivity contribution < 1.29 is 13.9 Å². The SMILES string of the molecule is Cc1cc(F)ccc1C(=O)N1CCOC(C)C1. The van der Waals surface area contributed by atoms with Gasteiger partial charge in [-0.3, -0.25) is 4.79 Å². The zero-order valence-corrected chi connectivity index (χ0v) is 10.1. The van der Waals surface area contributed by atoms with Crippen LogP contribution in [0.2, 0.25) is 0 Å². The number of aryl methyl sites for hydroxylation is 1. The van der Waals surface area contributed by atoms with Crippen LogP contribution in [0.25, 0.3) is 0 Å². The lowest BCUT2D eigenvalue weighted by Crippen LogP contribution is -2.44. The molecule has 1 aromatic rings. The second-order valence-corrected chi connectivity index (χ2v) is 4.39. The van der Waals surface area contributed by atoms with Gasteiger partial charge in [-0.1, -0.05) is 0 Å². The molecule has 0 N–H and O–H groups in total. The van der Waals surface area contributed by atoms with Crippen LogP contribution in [0.15, 0.2) is 18.2 Å². The van der Waals surface area contributed by atoms with Crippen LogP contribution in [-0.2, 0) is 4.74 Å². The lowest BCUT2D eigenvalue weighted by Gasteiger charge is -2.31. The summed E-state index contributed by atoms with van der Waals surface area (Å²) in [7, 11) is 0. The Morgan fingerprint density at radius 3 is 2.94 bits per heavy atom. The molecule has 0 spiro atoms. The molecule has 1 saturated heterocycles. The van der Waals surface area contributed by atoms with Crippen molar-refractivity contribution in [1.82, 2.24) is 4.90 Å². The molecule has 1 unspecified atom stereocenters. The first-order chi connectivity index (χ1) is 8.08. The van der Waals surface area contributed by atoms with Crippen molar-refractivity contribution >= 4 is 5.91 Å². The maximum atomic E-state index is 13.0. The number of morpholine rings is 1. The Labute approximate surface area is 100 Å². The number of benzene rings is 1. The van der Waals surface area contributed by atoms with E-state index >= 15 is 0 Å². The Hall–Kier alpha value is -1.42. The van der Waals surface area contributed by atoms with Gasteiger partial charge in [-0.25, -0.2) is 4.39 Å². The number of hydrogen-bond acceptors (Lipinski definition) is 2. The van der Waals surface area contributed by atoms with E-state index in [9.17, 15) is 9.18 Å². The molecule has 2 rings (SSSR count). The third-order valence-electron chi connectivity index (χ3n) is 2.95. The molecule has 1 aliphatic heterocycles. The van der Waals surface area contributed by atoms with Crippen molar-refractivity contribution in [2.75, 3.05) is 19.7 Å². The summed E-state index contributed by atoms with van der Waals surface area (Å²) >= 11 is 0. The van der Waals surface area contributed by atoms with Gasteiger partial charge in [0.25, 0.3) is 5.91 Å². The van der Waals surface area contributed by atoms with Gasteiger partial charge in [0.1, 0.15) is 5.82 Å². The van der Waals surface area contributed by atoms with Gasteiger partial charge in [-0.2, -0.15) is 0 Å². The maximum Gasteiger partial charge on any atom is 0.254 e. The maximum absolute atomic E-state index is 13.0. The summed E-state index contributed by atoms with van der Waals surface area (Å²) in [6.45, 7) is 5.44. The minimum atomic E-state index is -0.311. The van der Waals surface area contributed by atoms with Crippen molar-refractivity contribution in [3.05, 3.63) is 35.1 Å². The Morgan fingerprint density at radius 2 is 2.29 bits per heavy atom.